The minimum Gasteiger partial charge on any atom is -0.466 e. The lowest BCUT2D eigenvalue weighted by atomic mass is 10.0. The summed E-state index contributed by atoms with van der Waals surface area (Å²) >= 11 is 0. The van der Waals surface area contributed by atoms with Gasteiger partial charge in [0, 0.05) is 12.8 Å². The molecule has 3 N–H and O–H groups in total. The van der Waals surface area contributed by atoms with E-state index in [1.807, 2.05) is 6.08 Å². The van der Waals surface area contributed by atoms with Crippen LogP contribution in [0.15, 0.2) is 12.2 Å². The van der Waals surface area contributed by atoms with Gasteiger partial charge in [-0.25, -0.2) is 0 Å². The van der Waals surface area contributed by atoms with E-state index in [1.165, 1.54) is 212 Å². The second-order valence-corrected chi connectivity index (χ2v) is 18.6. The molecule has 0 bridgehead atoms. The molecular weight excluding hydrogens is 743 g/mol. The molecule has 1 amide bonds. The van der Waals surface area contributed by atoms with Gasteiger partial charge in [-0.2, -0.15) is 0 Å². The Morgan fingerprint density at radius 1 is 0.450 bits per heavy atom. The van der Waals surface area contributed by atoms with E-state index in [9.17, 15) is 19.8 Å². The predicted molar refractivity (Wildman–Crippen MR) is 260 cm³/mol. The van der Waals surface area contributed by atoms with Gasteiger partial charge in [0.15, 0.2) is 0 Å². The highest BCUT2D eigenvalue weighted by Gasteiger charge is 2.18. The first kappa shape index (κ1) is 58.6. The van der Waals surface area contributed by atoms with Gasteiger partial charge < -0.3 is 20.3 Å². The van der Waals surface area contributed by atoms with E-state index in [2.05, 4.69) is 19.2 Å². The van der Waals surface area contributed by atoms with Crippen LogP contribution in [0.5, 0.6) is 0 Å². The number of hydrogen-bond acceptors (Lipinski definition) is 5. The number of amides is 1. The third-order valence-corrected chi connectivity index (χ3v) is 12.6. The largest absolute Gasteiger partial charge is 0.466 e. The molecule has 6 nitrogen and oxygen atoms in total. The summed E-state index contributed by atoms with van der Waals surface area (Å²) in [6.07, 6.45) is 58.0. The number of hydrogen-bond donors (Lipinski definition) is 3. The van der Waals surface area contributed by atoms with Gasteiger partial charge in [0.05, 0.1) is 25.4 Å². The van der Waals surface area contributed by atoms with Crippen molar-refractivity contribution in [1.29, 1.82) is 0 Å². The zero-order valence-electron chi connectivity index (χ0n) is 40.5. The third kappa shape index (κ3) is 46.1. The lowest BCUT2D eigenvalue weighted by Crippen LogP contribution is -2.45. The van der Waals surface area contributed by atoms with Crippen LogP contribution in [0.25, 0.3) is 0 Å². The van der Waals surface area contributed by atoms with E-state index in [1.54, 1.807) is 6.08 Å². The van der Waals surface area contributed by atoms with E-state index >= 15 is 0 Å². The van der Waals surface area contributed by atoms with Gasteiger partial charge in [-0.15, -0.1) is 0 Å². The van der Waals surface area contributed by atoms with Crippen molar-refractivity contribution >= 4 is 11.9 Å². The first-order valence-corrected chi connectivity index (χ1v) is 27.0. The number of esters is 1. The Balaban J connectivity index is 3.40. The van der Waals surface area contributed by atoms with Gasteiger partial charge in [0.2, 0.25) is 5.91 Å². The van der Waals surface area contributed by atoms with Crippen LogP contribution in [0.3, 0.4) is 0 Å². The molecule has 0 aromatic rings. The van der Waals surface area contributed by atoms with E-state index in [4.69, 9.17) is 4.74 Å². The van der Waals surface area contributed by atoms with Gasteiger partial charge in [-0.3, -0.25) is 9.59 Å². The number of aliphatic hydroxyl groups is 2. The number of nitrogens with one attached hydrogen (secondary N) is 1. The van der Waals surface area contributed by atoms with Crippen LogP contribution >= 0.6 is 0 Å². The Kier molecular flexibility index (Phi) is 49.1. The van der Waals surface area contributed by atoms with Crippen molar-refractivity contribution in [3.63, 3.8) is 0 Å². The summed E-state index contributed by atoms with van der Waals surface area (Å²) in [5, 5.41) is 22.9. The number of allylic oxidation sites excluding steroid dienone is 1. The van der Waals surface area contributed by atoms with E-state index < -0.39 is 12.1 Å². The molecule has 60 heavy (non-hydrogen) atoms. The monoisotopic (exact) mass is 848 g/mol. The summed E-state index contributed by atoms with van der Waals surface area (Å²) in [5.41, 5.74) is 0. The molecule has 0 spiro atoms. The van der Waals surface area contributed by atoms with Crippen molar-refractivity contribution in [3.8, 4) is 0 Å². The molecular formula is C54H105NO5. The Bertz CT molecular complexity index is 893. The SMILES string of the molecule is CCCCCCCCCC/C=C/C(O)C(CO)NC(=O)CCCCCCCCCCCCCCCCOC(=O)CCCCCCCCCCCCCCCCCCCCC. The Hall–Kier alpha value is -1.40. The Morgan fingerprint density at radius 3 is 1.13 bits per heavy atom. The average Bonchev–Trinajstić information content (AvgIpc) is 3.25. The maximum atomic E-state index is 12.4. The molecule has 6 heteroatoms. The van der Waals surface area contributed by atoms with Crippen molar-refractivity contribution in [2.45, 2.75) is 309 Å². The first-order chi connectivity index (χ1) is 29.5. The number of rotatable bonds is 50. The summed E-state index contributed by atoms with van der Waals surface area (Å²) in [7, 11) is 0. The molecule has 0 aliphatic heterocycles. The van der Waals surface area contributed by atoms with Crippen molar-refractivity contribution in [3.05, 3.63) is 12.2 Å². The minimum absolute atomic E-state index is 0.00118. The van der Waals surface area contributed by atoms with E-state index in [0.717, 1.165) is 57.8 Å². The molecule has 0 aliphatic carbocycles. The Morgan fingerprint density at radius 2 is 0.767 bits per heavy atom. The second kappa shape index (κ2) is 50.2. The zero-order chi connectivity index (χ0) is 43.7. The van der Waals surface area contributed by atoms with Crippen molar-refractivity contribution in [1.82, 2.24) is 5.32 Å². The first-order valence-electron chi connectivity index (χ1n) is 27.0. The Labute approximate surface area is 374 Å². The molecule has 0 saturated carbocycles. The number of carbonyl (C=O) groups is 2. The van der Waals surface area contributed by atoms with Crippen molar-refractivity contribution in [2.24, 2.45) is 0 Å². The summed E-state index contributed by atoms with van der Waals surface area (Å²) in [4.78, 5) is 24.5. The van der Waals surface area contributed by atoms with Crippen LogP contribution < -0.4 is 5.32 Å². The highest BCUT2D eigenvalue weighted by Crippen LogP contribution is 2.17. The number of aliphatic hydroxyl groups excluding tert-OH is 2. The summed E-state index contributed by atoms with van der Waals surface area (Å²) in [6.45, 7) is 4.87. The topological polar surface area (TPSA) is 95.9 Å². The molecule has 0 aromatic heterocycles. The second-order valence-electron chi connectivity index (χ2n) is 18.6. The zero-order valence-corrected chi connectivity index (χ0v) is 40.5. The average molecular weight is 848 g/mol. The van der Waals surface area contributed by atoms with E-state index in [0.29, 0.717) is 19.4 Å². The fourth-order valence-electron chi connectivity index (χ4n) is 8.40. The van der Waals surface area contributed by atoms with Crippen LogP contribution in [-0.4, -0.2) is 47.4 Å². The van der Waals surface area contributed by atoms with Crippen LogP contribution in [0, 0.1) is 0 Å². The number of carbonyl (C=O) groups excluding carboxylic acids is 2. The summed E-state index contributed by atoms with van der Waals surface area (Å²) < 4.78 is 5.48. The van der Waals surface area contributed by atoms with Crippen LogP contribution in [-0.2, 0) is 14.3 Å². The van der Waals surface area contributed by atoms with Crippen LogP contribution in [0.2, 0.25) is 0 Å². The maximum absolute atomic E-state index is 12.4. The molecule has 2 unspecified atom stereocenters. The van der Waals surface area contributed by atoms with Crippen molar-refractivity contribution < 1.29 is 24.5 Å². The molecule has 356 valence electrons. The fourth-order valence-corrected chi connectivity index (χ4v) is 8.40. The lowest BCUT2D eigenvalue weighted by molar-refractivity contribution is -0.143. The lowest BCUT2D eigenvalue weighted by Gasteiger charge is -2.20. The third-order valence-electron chi connectivity index (χ3n) is 12.6. The molecule has 0 aliphatic rings. The highest BCUT2D eigenvalue weighted by molar-refractivity contribution is 5.76. The molecule has 2 atom stereocenters. The van der Waals surface area contributed by atoms with Crippen LogP contribution in [0.1, 0.15) is 296 Å². The smallest absolute Gasteiger partial charge is 0.305 e. The predicted octanol–water partition coefficient (Wildman–Crippen LogP) is 16.1. The normalized spacial score (nSPS) is 12.7. The highest BCUT2D eigenvalue weighted by atomic mass is 16.5. The molecule has 0 radical (unpaired) electrons. The van der Waals surface area contributed by atoms with Crippen LogP contribution in [0.4, 0.5) is 0 Å². The number of ether oxygens (including phenoxy) is 1. The molecule has 0 saturated heterocycles. The quantitative estimate of drug-likeness (QED) is 0.0322. The molecule has 0 rings (SSSR count). The van der Waals surface area contributed by atoms with Gasteiger partial charge in [0.1, 0.15) is 0 Å². The number of unbranched alkanes of at least 4 members (excludes halogenated alkanes) is 39. The van der Waals surface area contributed by atoms with Gasteiger partial charge >= 0.3 is 5.97 Å². The van der Waals surface area contributed by atoms with Crippen molar-refractivity contribution in [2.75, 3.05) is 13.2 Å². The maximum Gasteiger partial charge on any atom is 0.305 e. The van der Waals surface area contributed by atoms with Gasteiger partial charge in [0.25, 0.3) is 0 Å². The van der Waals surface area contributed by atoms with Gasteiger partial charge in [-0.05, 0) is 32.1 Å². The molecule has 0 aromatic carbocycles. The van der Waals surface area contributed by atoms with Gasteiger partial charge in [-0.1, -0.05) is 264 Å². The standard InChI is InChI=1S/C54H105NO5/c1-3-5-7-9-11-13-15-16-17-18-19-20-21-25-28-32-36-40-44-48-54(59)60-49-45-41-37-33-29-26-23-22-24-27-31-35-39-43-47-53(58)55-51(50-56)52(57)46-42-38-34-30-14-12-10-8-6-4-2/h42,46,51-52,56-57H,3-41,43-45,47-50H2,1-2H3,(H,55,58)/b46-42+. The summed E-state index contributed by atoms with van der Waals surface area (Å²) in [5.74, 6) is -0.0782. The fraction of sp³-hybridized carbons (Fsp3) is 0.926. The molecule has 0 heterocycles. The molecule has 0 fully saturated rings. The summed E-state index contributed by atoms with van der Waals surface area (Å²) in [6, 6.07) is -0.633. The minimum atomic E-state index is -0.848. The van der Waals surface area contributed by atoms with E-state index in [-0.39, 0.29) is 18.5 Å².